The third-order valence-electron chi connectivity index (χ3n) is 6.78. The first kappa shape index (κ1) is 28.1. The van der Waals surface area contributed by atoms with E-state index in [0.717, 1.165) is 33.2 Å². The van der Waals surface area contributed by atoms with Crippen LogP contribution in [-0.2, 0) is 44.9 Å². The van der Waals surface area contributed by atoms with Crippen molar-refractivity contribution in [2.45, 2.75) is 32.2 Å². The lowest BCUT2D eigenvalue weighted by Crippen LogP contribution is -2.14. The van der Waals surface area contributed by atoms with E-state index < -0.39 is 10.0 Å². The fourth-order valence-electron chi connectivity index (χ4n) is 4.89. The van der Waals surface area contributed by atoms with Crippen LogP contribution in [0.5, 0.6) is 5.75 Å². The van der Waals surface area contributed by atoms with E-state index in [9.17, 15) is 13.2 Å². The van der Waals surface area contributed by atoms with Crippen LogP contribution in [0.3, 0.4) is 0 Å². The molecule has 2 N–H and O–H groups in total. The van der Waals surface area contributed by atoms with Gasteiger partial charge in [-0.05, 0) is 59.5 Å². The number of aromatic nitrogens is 1. The van der Waals surface area contributed by atoms with E-state index in [-0.39, 0.29) is 24.7 Å². The zero-order valence-corrected chi connectivity index (χ0v) is 23.6. The van der Waals surface area contributed by atoms with Crippen LogP contribution in [0.2, 0.25) is 0 Å². The molecule has 1 aromatic heterocycles. The number of nitrogens with two attached hydrogens (primary N) is 1. The number of benzene rings is 4. The van der Waals surface area contributed by atoms with Gasteiger partial charge in [0.2, 0.25) is 10.0 Å². The Labute approximate surface area is 240 Å². The molecule has 0 radical (unpaired) electrons. The highest BCUT2D eigenvalue weighted by Crippen LogP contribution is 2.34. The Balaban J connectivity index is 1.54. The maximum absolute atomic E-state index is 13.6. The number of ether oxygens (including phenoxy) is 2. The Hall–Kier alpha value is -4.40. The SMILES string of the molecule is CCOC(=O)Cc1ccccc1OCc1cc(-c2cccc(CN)c2)c2c(ccn2S(=O)(=O)Cc2ccccc2)c1. The smallest absolute Gasteiger partial charge is 0.310 e. The van der Waals surface area contributed by atoms with Gasteiger partial charge in [0.15, 0.2) is 0 Å². The molecule has 0 spiro atoms. The molecular weight excluding hydrogens is 536 g/mol. The first-order chi connectivity index (χ1) is 19.9. The summed E-state index contributed by atoms with van der Waals surface area (Å²) in [7, 11) is -3.72. The lowest BCUT2D eigenvalue weighted by molar-refractivity contribution is -0.142. The summed E-state index contributed by atoms with van der Waals surface area (Å²) in [6, 6.07) is 30.0. The molecule has 0 aliphatic carbocycles. The van der Waals surface area contributed by atoms with Gasteiger partial charge in [0.1, 0.15) is 12.4 Å². The maximum Gasteiger partial charge on any atom is 0.310 e. The number of carbonyl (C=O) groups is 1. The Morgan fingerprint density at radius 2 is 1.61 bits per heavy atom. The van der Waals surface area contributed by atoms with E-state index in [1.54, 1.807) is 13.1 Å². The summed E-state index contributed by atoms with van der Waals surface area (Å²) < 4.78 is 39.9. The van der Waals surface area contributed by atoms with Crippen molar-refractivity contribution < 1.29 is 22.7 Å². The fourth-order valence-corrected chi connectivity index (χ4v) is 6.37. The molecule has 0 aliphatic heterocycles. The number of para-hydroxylation sites is 1. The molecule has 0 amide bonds. The number of nitrogens with zero attached hydrogens (tertiary/aromatic N) is 1. The first-order valence-corrected chi connectivity index (χ1v) is 15.1. The summed E-state index contributed by atoms with van der Waals surface area (Å²) in [5.74, 6) is 0.155. The van der Waals surface area contributed by atoms with Gasteiger partial charge in [-0.3, -0.25) is 4.79 Å². The van der Waals surface area contributed by atoms with Crippen molar-refractivity contribution in [3.05, 3.63) is 126 Å². The van der Waals surface area contributed by atoms with Gasteiger partial charge in [-0.2, -0.15) is 0 Å². The summed E-state index contributed by atoms with van der Waals surface area (Å²) in [4.78, 5) is 12.1. The average molecular weight is 569 g/mol. The first-order valence-electron chi connectivity index (χ1n) is 13.4. The topological polar surface area (TPSA) is 101 Å². The molecule has 41 heavy (non-hydrogen) atoms. The van der Waals surface area contributed by atoms with Gasteiger partial charge in [-0.1, -0.05) is 66.7 Å². The summed E-state index contributed by atoms with van der Waals surface area (Å²) >= 11 is 0. The number of fused-ring (bicyclic) bond motifs is 1. The molecule has 0 saturated carbocycles. The van der Waals surface area contributed by atoms with Crippen LogP contribution < -0.4 is 10.5 Å². The minimum atomic E-state index is -3.72. The molecule has 0 bridgehead atoms. The second-order valence-corrected chi connectivity index (χ2v) is 11.6. The summed E-state index contributed by atoms with van der Waals surface area (Å²) in [5, 5.41) is 0.774. The van der Waals surface area contributed by atoms with Gasteiger partial charge in [0, 0.05) is 29.3 Å². The molecule has 0 unspecified atom stereocenters. The molecule has 0 saturated heterocycles. The largest absolute Gasteiger partial charge is 0.489 e. The number of carbonyl (C=O) groups excluding carboxylic acids is 1. The Bertz CT molecular complexity index is 1780. The zero-order chi connectivity index (χ0) is 28.8. The van der Waals surface area contributed by atoms with Crippen LogP contribution in [0.1, 0.15) is 29.2 Å². The van der Waals surface area contributed by atoms with Crippen molar-refractivity contribution in [2.24, 2.45) is 5.73 Å². The van der Waals surface area contributed by atoms with Crippen molar-refractivity contribution in [2.75, 3.05) is 6.61 Å². The minimum absolute atomic E-state index is 0.113. The van der Waals surface area contributed by atoms with Gasteiger partial charge in [-0.25, -0.2) is 12.4 Å². The summed E-state index contributed by atoms with van der Waals surface area (Å²) in [6.45, 7) is 2.68. The molecule has 5 aromatic rings. The van der Waals surface area contributed by atoms with Gasteiger partial charge in [-0.15, -0.1) is 0 Å². The Morgan fingerprint density at radius 3 is 2.39 bits per heavy atom. The van der Waals surface area contributed by atoms with E-state index in [1.165, 1.54) is 3.97 Å². The van der Waals surface area contributed by atoms with Gasteiger partial charge >= 0.3 is 5.97 Å². The fraction of sp³-hybridized carbons (Fsp3) is 0.182. The van der Waals surface area contributed by atoms with E-state index in [1.807, 2.05) is 97.1 Å². The molecular formula is C33H32N2O5S. The molecule has 1 heterocycles. The number of rotatable bonds is 11. The summed E-state index contributed by atoms with van der Waals surface area (Å²) in [5.41, 5.74) is 11.4. The Kier molecular flexibility index (Phi) is 8.52. The molecule has 0 aliphatic rings. The number of esters is 1. The summed E-state index contributed by atoms with van der Waals surface area (Å²) in [6.07, 6.45) is 1.72. The maximum atomic E-state index is 13.6. The van der Waals surface area contributed by atoms with Gasteiger partial charge in [0.05, 0.1) is 24.3 Å². The Morgan fingerprint density at radius 1 is 0.854 bits per heavy atom. The zero-order valence-electron chi connectivity index (χ0n) is 22.8. The third-order valence-corrected chi connectivity index (χ3v) is 8.38. The lowest BCUT2D eigenvalue weighted by atomic mass is 9.98. The lowest BCUT2D eigenvalue weighted by Gasteiger charge is -2.15. The van der Waals surface area contributed by atoms with Crippen LogP contribution in [0.4, 0.5) is 0 Å². The standard InChI is InChI=1S/C33H32N2O5S/c1-2-39-32(36)20-28-12-6-7-14-31(28)40-22-26-18-29-15-16-35(41(37,38)23-24-9-4-3-5-10-24)33(29)30(19-26)27-13-8-11-25(17-27)21-34/h3-19H,2,20-23,34H2,1H3. The average Bonchev–Trinajstić information content (AvgIpc) is 3.42. The highest BCUT2D eigenvalue weighted by Gasteiger charge is 2.21. The van der Waals surface area contributed by atoms with Crippen molar-refractivity contribution in [1.82, 2.24) is 3.97 Å². The number of hydrogen-bond acceptors (Lipinski definition) is 6. The number of hydrogen-bond donors (Lipinski definition) is 1. The van der Waals surface area contributed by atoms with Gasteiger partial charge < -0.3 is 15.2 Å². The highest BCUT2D eigenvalue weighted by molar-refractivity contribution is 7.89. The molecule has 210 valence electrons. The van der Waals surface area contributed by atoms with Crippen molar-refractivity contribution in [3.8, 4) is 16.9 Å². The van der Waals surface area contributed by atoms with Crippen LogP contribution >= 0.6 is 0 Å². The van der Waals surface area contributed by atoms with E-state index in [2.05, 4.69) is 0 Å². The van der Waals surface area contributed by atoms with E-state index in [0.29, 0.717) is 30.0 Å². The highest BCUT2D eigenvalue weighted by atomic mass is 32.2. The van der Waals surface area contributed by atoms with Crippen LogP contribution in [-0.4, -0.2) is 25.0 Å². The van der Waals surface area contributed by atoms with Crippen LogP contribution in [0.25, 0.3) is 22.0 Å². The predicted molar refractivity (Wildman–Crippen MR) is 161 cm³/mol. The second kappa shape index (κ2) is 12.4. The molecule has 0 atom stereocenters. The minimum Gasteiger partial charge on any atom is -0.489 e. The van der Waals surface area contributed by atoms with E-state index in [4.69, 9.17) is 15.2 Å². The predicted octanol–water partition coefficient (Wildman–Crippen LogP) is 5.83. The van der Waals surface area contributed by atoms with E-state index >= 15 is 0 Å². The van der Waals surface area contributed by atoms with Crippen molar-refractivity contribution in [3.63, 3.8) is 0 Å². The third kappa shape index (κ3) is 6.51. The monoisotopic (exact) mass is 568 g/mol. The molecule has 7 nitrogen and oxygen atoms in total. The van der Waals surface area contributed by atoms with Crippen molar-refractivity contribution >= 4 is 26.9 Å². The van der Waals surface area contributed by atoms with Crippen LogP contribution in [0.15, 0.2) is 103 Å². The van der Waals surface area contributed by atoms with Crippen LogP contribution in [0, 0.1) is 0 Å². The quantitative estimate of drug-likeness (QED) is 0.201. The molecule has 5 rings (SSSR count). The molecule has 4 aromatic carbocycles. The molecule has 0 fully saturated rings. The van der Waals surface area contributed by atoms with Gasteiger partial charge in [0.25, 0.3) is 0 Å². The second-order valence-electron chi connectivity index (χ2n) is 9.72. The molecule has 8 heteroatoms. The normalized spacial score (nSPS) is 11.5. The van der Waals surface area contributed by atoms with Crippen molar-refractivity contribution in [1.29, 1.82) is 0 Å².